The number of aromatic nitrogens is 1. The van der Waals surface area contributed by atoms with Crippen LogP contribution in [0.2, 0.25) is 0 Å². The first kappa shape index (κ1) is 19.1. The van der Waals surface area contributed by atoms with Crippen LogP contribution in [-0.4, -0.2) is 17.7 Å². The Hall–Kier alpha value is -2.90. The number of nitrogens with zero attached hydrogens (tertiary/aromatic N) is 1. The molecule has 0 radical (unpaired) electrons. The Labute approximate surface area is 182 Å². The van der Waals surface area contributed by atoms with E-state index in [0.717, 1.165) is 54.8 Å². The third-order valence-electron chi connectivity index (χ3n) is 5.13. The molecule has 3 heterocycles. The quantitative estimate of drug-likeness (QED) is 0.417. The third-order valence-corrected chi connectivity index (χ3v) is 7.39. The maximum Gasteiger partial charge on any atom is 0.231 e. The van der Waals surface area contributed by atoms with Crippen molar-refractivity contribution in [1.82, 2.24) is 4.98 Å². The summed E-state index contributed by atoms with van der Waals surface area (Å²) >= 11 is 3.28. The first-order valence-electron chi connectivity index (χ1n) is 9.79. The van der Waals surface area contributed by atoms with Crippen LogP contribution in [0, 0.1) is 6.92 Å². The Morgan fingerprint density at radius 1 is 1.13 bits per heavy atom. The highest BCUT2D eigenvalue weighted by Crippen LogP contribution is 2.44. The number of fused-ring (bicyclic) bond motifs is 2. The van der Waals surface area contributed by atoms with E-state index in [1.54, 1.807) is 22.7 Å². The molecule has 0 saturated heterocycles. The minimum absolute atomic E-state index is 0.00763. The van der Waals surface area contributed by atoms with Gasteiger partial charge in [-0.2, -0.15) is 0 Å². The van der Waals surface area contributed by atoms with Crippen molar-refractivity contribution in [2.24, 2.45) is 0 Å². The third kappa shape index (κ3) is 3.44. The summed E-state index contributed by atoms with van der Waals surface area (Å²) in [4.78, 5) is 18.2. The molecule has 30 heavy (non-hydrogen) atoms. The number of thiophene rings is 1. The van der Waals surface area contributed by atoms with E-state index in [9.17, 15) is 4.79 Å². The number of ether oxygens (including phenoxy) is 2. The Balaban J connectivity index is 1.56. The maximum absolute atomic E-state index is 12.2. The van der Waals surface area contributed by atoms with E-state index < -0.39 is 0 Å². The predicted octanol–water partition coefficient (Wildman–Crippen LogP) is 6.00. The zero-order valence-electron chi connectivity index (χ0n) is 16.7. The lowest BCUT2D eigenvalue weighted by molar-refractivity contribution is -0.115. The highest BCUT2D eigenvalue weighted by molar-refractivity contribution is 7.22. The summed E-state index contributed by atoms with van der Waals surface area (Å²) < 4.78 is 12.1. The van der Waals surface area contributed by atoms with E-state index in [1.807, 2.05) is 37.3 Å². The largest absolute Gasteiger partial charge is 0.454 e. The highest BCUT2D eigenvalue weighted by atomic mass is 32.1. The van der Waals surface area contributed by atoms with Gasteiger partial charge in [0.05, 0.1) is 10.2 Å². The highest BCUT2D eigenvalue weighted by Gasteiger charge is 2.22. The van der Waals surface area contributed by atoms with E-state index in [0.29, 0.717) is 6.42 Å². The van der Waals surface area contributed by atoms with E-state index in [-0.39, 0.29) is 12.7 Å². The van der Waals surface area contributed by atoms with E-state index in [1.165, 1.54) is 4.88 Å². The molecule has 0 aliphatic carbocycles. The first-order chi connectivity index (χ1) is 14.6. The summed E-state index contributed by atoms with van der Waals surface area (Å²) in [5, 5.41) is 4.90. The van der Waals surface area contributed by atoms with Gasteiger partial charge < -0.3 is 14.8 Å². The van der Waals surface area contributed by atoms with Crippen LogP contribution in [0.25, 0.3) is 20.8 Å². The van der Waals surface area contributed by atoms with Gasteiger partial charge in [0.15, 0.2) is 11.5 Å². The van der Waals surface area contributed by atoms with Crippen LogP contribution in [-0.2, 0) is 11.2 Å². The fraction of sp³-hybridized carbons (Fsp3) is 0.217. The van der Waals surface area contributed by atoms with Crippen LogP contribution in [0.4, 0.5) is 5.00 Å². The standard InChI is InChI=1S/C23H20N2O3S2/c1-3-20(26)25-23-21(22-24-15-6-4-5-7-18(15)29-22)13(2)19(30-23)11-14-8-9-16-17(10-14)28-12-27-16/h4-10H,3,11-12H2,1-2H3,(H,25,26). The number of benzene rings is 2. The number of thiazole rings is 1. The minimum atomic E-state index is 0.00763. The molecule has 1 aliphatic heterocycles. The Bertz CT molecular complexity index is 1230. The molecule has 152 valence electrons. The van der Waals surface area contributed by atoms with Crippen LogP contribution in [0.15, 0.2) is 42.5 Å². The Morgan fingerprint density at radius 3 is 2.80 bits per heavy atom. The van der Waals surface area contributed by atoms with E-state index >= 15 is 0 Å². The van der Waals surface area contributed by atoms with Crippen molar-refractivity contribution in [2.45, 2.75) is 26.7 Å². The van der Waals surface area contributed by atoms with Crippen molar-refractivity contribution in [3.63, 3.8) is 0 Å². The van der Waals surface area contributed by atoms with Gasteiger partial charge in [0.1, 0.15) is 10.0 Å². The molecular weight excluding hydrogens is 416 g/mol. The molecular formula is C23H20N2O3S2. The number of rotatable bonds is 5. The van der Waals surface area contributed by atoms with Crippen LogP contribution in [0.1, 0.15) is 29.3 Å². The van der Waals surface area contributed by atoms with Gasteiger partial charge in [-0.3, -0.25) is 4.79 Å². The van der Waals surface area contributed by atoms with Gasteiger partial charge >= 0.3 is 0 Å². The summed E-state index contributed by atoms with van der Waals surface area (Å²) in [6, 6.07) is 14.2. The van der Waals surface area contributed by atoms with Crippen LogP contribution < -0.4 is 14.8 Å². The van der Waals surface area contributed by atoms with E-state index in [4.69, 9.17) is 14.5 Å². The molecule has 2 aromatic carbocycles. The predicted molar refractivity (Wildman–Crippen MR) is 122 cm³/mol. The number of anilines is 1. The lowest BCUT2D eigenvalue weighted by atomic mass is 10.1. The van der Waals surface area contributed by atoms with Gasteiger partial charge in [-0.05, 0) is 42.3 Å². The number of carbonyl (C=O) groups excluding carboxylic acids is 1. The van der Waals surface area contributed by atoms with Crippen molar-refractivity contribution >= 4 is 43.8 Å². The van der Waals surface area contributed by atoms with Crippen molar-refractivity contribution in [2.75, 3.05) is 12.1 Å². The van der Waals surface area contributed by atoms with Gasteiger partial charge in [-0.1, -0.05) is 25.1 Å². The molecule has 1 aliphatic rings. The maximum atomic E-state index is 12.2. The van der Waals surface area contributed by atoms with Gasteiger partial charge in [0.25, 0.3) is 0 Å². The molecule has 0 spiro atoms. The van der Waals surface area contributed by atoms with Gasteiger partial charge in [0.2, 0.25) is 12.7 Å². The second-order valence-corrected chi connectivity index (χ2v) is 9.24. The summed E-state index contributed by atoms with van der Waals surface area (Å²) in [7, 11) is 0. The smallest absolute Gasteiger partial charge is 0.231 e. The van der Waals surface area contributed by atoms with Crippen molar-refractivity contribution in [3.05, 3.63) is 58.5 Å². The lowest BCUT2D eigenvalue weighted by Crippen LogP contribution is -2.08. The van der Waals surface area contributed by atoms with Crippen molar-refractivity contribution < 1.29 is 14.3 Å². The number of carbonyl (C=O) groups is 1. The van der Waals surface area contributed by atoms with Crippen LogP contribution >= 0.6 is 22.7 Å². The topological polar surface area (TPSA) is 60.5 Å². The van der Waals surface area contributed by atoms with Gasteiger partial charge in [0, 0.05) is 23.3 Å². The van der Waals surface area contributed by atoms with Crippen molar-refractivity contribution in [3.8, 4) is 22.1 Å². The molecule has 1 amide bonds. The van der Waals surface area contributed by atoms with Crippen LogP contribution in [0.5, 0.6) is 11.5 Å². The summed E-state index contributed by atoms with van der Waals surface area (Å²) in [5.41, 5.74) is 4.31. The molecule has 0 atom stereocenters. The fourth-order valence-corrected chi connectivity index (χ4v) is 5.90. The molecule has 0 saturated carbocycles. The van der Waals surface area contributed by atoms with Gasteiger partial charge in [-0.15, -0.1) is 22.7 Å². The van der Waals surface area contributed by atoms with Gasteiger partial charge in [-0.25, -0.2) is 4.98 Å². The molecule has 2 aromatic heterocycles. The normalized spacial score (nSPS) is 12.5. The summed E-state index contributed by atoms with van der Waals surface area (Å²) in [6.45, 7) is 4.24. The fourth-order valence-electron chi connectivity index (χ4n) is 3.51. The average Bonchev–Trinajstić information content (AvgIpc) is 3.45. The lowest BCUT2D eigenvalue weighted by Gasteiger charge is -2.04. The summed E-state index contributed by atoms with van der Waals surface area (Å²) in [6.07, 6.45) is 1.20. The number of nitrogens with one attached hydrogen (secondary N) is 1. The van der Waals surface area contributed by atoms with E-state index in [2.05, 4.69) is 24.4 Å². The SMILES string of the molecule is CCC(=O)Nc1sc(Cc2ccc3c(c2)OCO3)c(C)c1-c1nc2ccccc2s1. The van der Waals surface area contributed by atoms with Crippen LogP contribution in [0.3, 0.4) is 0 Å². The first-order valence-corrected chi connectivity index (χ1v) is 11.4. The zero-order valence-corrected chi connectivity index (χ0v) is 18.3. The number of hydrogen-bond donors (Lipinski definition) is 1. The molecule has 0 unspecified atom stereocenters. The molecule has 5 rings (SSSR count). The zero-order chi connectivity index (χ0) is 20.7. The second-order valence-electron chi connectivity index (χ2n) is 7.11. The molecule has 0 bridgehead atoms. The monoisotopic (exact) mass is 436 g/mol. The molecule has 7 heteroatoms. The molecule has 1 N–H and O–H groups in total. The molecule has 4 aromatic rings. The molecule has 5 nitrogen and oxygen atoms in total. The minimum Gasteiger partial charge on any atom is -0.454 e. The second kappa shape index (κ2) is 7.74. The Kier molecular flexibility index (Phi) is 4.92. The van der Waals surface area contributed by atoms with Crippen molar-refractivity contribution in [1.29, 1.82) is 0 Å². The number of amides is 1. The average molecular weight is 437 g/mol. The summed E-state index contributed by atoms with van der Waals surface area (Å²) in [5.74, 6) is 1.58. The number of para-hydroxylation sites is 1. The number of hydrogen-bond acceptors (Lipinski definition) is 6. The Morgan fingerprint density at radius 2 is 1.97 bits per heavy atom. The molecule has 0 fully saturated rings.